The fourth-order valence-corrected chi connectivity index (χ4v) is 9.13. The summed E-state index contributed by atoms with van der Waals surface area (Å²) >= 11 is 0. The van der Waals surface area contributed by atoms with E-state index in [0.717, 1.165) is 0 Å². The van der Waals surface area contributed by atoms with Crippen LogP contribution in [0.4, 0.5) is 0 Å². The molecule has 0 radical (unpaired) electrons. The maximum Gasteiger partial charge on any atom is 0.302 e. The molecular formula is C19H18O4. The number of esters is 1. The average Bonchev–Trinajstić information content (AvgIpc) is 3.20. The summed E-state index contributed by atoms with van der Waals surface area (Å²) in [6.45, 7) is 1.40. The van der Waals surface area contributed by atoms with Gasteiger partial charge >= 0.3 is 5.97 Å². The summed E-state index contributed by atoms with van der Waals surface area (Å²) < 4.78 is 5.61. The Morgan fingerprint density at radius 2 is 1.26 bits per heavy atom. The number of allylic oxidation sites excluding steroid dienone is 2. The second-order valence-electron chi connectivity index (χ2n) is 8.99. The van der Waals surface area contributed by atoms with Crippen molar-refractivity contribution in [3.05, 3.63) is 12.2 Å². The van der Waals surface area contributed by atoms with Crippen LogP contribution in [0.15, 0.2) is 12.2 Å². The molecule has 0 spiro atoms. The van der Waals surface area contributed by atoms with E-state index in [2.05, 4.69) is 12.2 Å². The van der Waals surface area contributed by atoms with Gasteiger partial charge in [0.2, 0.25) is 0 Å². The highest BCUT2D eigenvalue weighted by atomic mass is 16.5. The first-order chi connectivity index (χ1) is 11.1. The maximum atomic E-state index is 13.2. The minimum absolute atomic E-state index is 0.155. The van der Waals surface area contributed by atoms with E-state index >= 15 is 0 Å². The van der Waals surface area contributed by atoms with Crippen molar-refractivity contribution in [3.63, 3.8) is 0 Å². The number of carbonyl (C=O) groups is 3. The normalized spacial score (nSPS) is 67.1. The van der Waals surface area contributed by atoms with Crippen LogP contribution >= 0.6 is 0 Å². The topological polar surface area (TPSA) is 60.4 Å². The average molecular weight is 310 g/mol. The number of fused-ring (bicyclic) bond motifs is 2. The number of hydrogen-bond donors (Lipinski definition) is 0. The molecule has 6 saturated carbocycles. The third-order valence-electron chi connectivity index (χ3n) is 8.92. The monoisotopic (exact) mass is 310 g/mol. The Bertz CT molecular complexity index is 700. The van der Waals surface area contributed by atoms with Crippen molar-refractivity contribution in [3.8, 4) is 0 Å². The molecule has 0 bridgehead atoms. The summed E-state index contributed by atoms with van der Waals surface area (Å²) in [5.41, 5.74) is 0. The van der Waals surface area contributed by atoms with Crippen LogP contribution in [0.2, 0.25) is 0 Å². The number of ether oxygens (including phenoxy) is 1. The van der Waals surface area contributed by atoms with Gasteiger partial charge in [0, 0.05) is 18.8 Å². The molecule has 3 unspecified atom stereocenters. The highest BCUT2D eigenvalue weighted by Gasteiger charge is 2.85. The Labute approximate surface area is 133 Å². The van der Waals surface area contributed by atoms with Gasteiger partial charge in [-0.15, -0.1) is 0 Å². The number of rotatable bonds is 1. The third-order valence-corrected chi connectivity index (χ3v) is 8.92. The second kappa shape index (κ2) is 3.20. The van der Waals surface area contributed by atoms with E-state index < -0.39 is 6.10 Å². The molecule has 13 atom stereocenters. The van der Waals surface area contributed by atoms with E-state index in [1.165, 1.54) is 6.92 Å². The van der Waals surface area contributed by atoms with Crippen molar-refractivity contribution >= 4 is 17.5 Å². The second-order valence-corrected chi connectivity index (χ2v) is 8.99. The Hall–Kier alpha value is -1.45. The summed E-state index contributed by atoms with van der Waals surface area (Å²) in [6, 6.07) is 0. The van der Waals surface area contributed by atoms with Gasteiger partial charge < -0.3 is 4.74 Å². The molecule has 4 nitrogen and oxygen atoms in total. The fourth-order valence-electron chi connectivity index (χ4n) is 9.13. The molecule has 7 aliphatic rings. The van der Waals surface area contributed by atoms with E-state index in [-0.39, 0.29) is 29.6 Å². The molecule has 7 aliphatic carbocycles. The van der Waals surface area contributed by atoms with Gasteiger partial charge in [0.25, 0.3) is 0 Å². The van der Waals surface area contributed by atoms with Gasteiger partial charge in [-0.3, -0.25) is 14.4 Å². The van der Waals surface area contributed by atoms with Crippen molar-refractivity contribution in [1.29, 1.82) is 0 Å². The lowest BCUT2D eigenvalue weighted by atomic mass is 9.78. The van der Waals surface area contributed by atoms with Gasteiger partial charge in [-0.1, -0.05) is 12.2 Å². The standard InChI is InChI=1S/C19H18O4/c1-4(20)23-19-15-13-11-8(17(15)21)5-2-3-6-7(5)10(11)12-9(6)18(22)16(19)14(12)13/h2-3,5-16,19H,1H3/t5-,6-,7?,8-,9+,10?,11-,12-,13-,14-,15+,16+,19?/m0/s1. The molecular weight excluding hydrogens is 292 g/mol. The lowest BCUT2D eigenvalue weighted by Crippen LogP contribution is -2.39. The van der Waals surface area contributed by atoms with Gasteiger partial charge in [-0.25, -0.2) is 0 Å². The zero-order chi connectivity index (χ0) is 15.4. The Balaban J connectivity index is 1.50. The minimum atomic E-state index is -0.461. The van der Waals surface area contributed by atoms with Crippen LogP contribution in [0.3, 0.4) is 0 Å². The number of carbonyl (C=O) groups excluding carboxylic acids is 3. The molecule has 0 aromatic carbocycles. The highest BCUT2D eigenvalue weighted by Crippen LogP contribution is 2.82. The quantitative estimate of drug-likeness (QED) is 0.537. The summed E-state index contributed by atoms with van der Waals surface area (Å²) in [7, 11) is 0. The number of hydrogen-bond acceptors (Lipinski definition) is 4. The van der Waals surface area contributed by atoms with E-state index in [1.54, 1.807) is 0 Å². The highest BCUT2D eigenvalue weighted by molar-refractivity contribution is 5.96. The van der Waals surface area contributed by atoms with Crippen LogP contribution in [0, 0.1) is 71.0 Å². The molecule has 0 saturated heterocycles. The summed E-state index contributed by atoms with van der Waals surface area (Å²) in [4.78, 5) is 38.1. The molecule has 7 rings (SSSR count). The first-order valence-corrected chi connectivity index (χ1v) is 9.04. The van der Waals surface area contributed by atoms with Crippen molar-refractivity contribution in [2.24, 2.45) is 71.0 Å². The van der Waals surface area contributed by atoms with Crippen LogP contribution in [0.1, 0.15) is 6.92 Å². The molecule has 4 heteroatoms. The molecule has 0 aromatic rings. The van der Waals surface area contributed by atoms with Crippen molar-refractivity contribution < 1.29 is 19.1 Å². The third kappa shape index (κ3) is 0.923. The predicted molar refractivity (Wildman–Crippen MR) is 76.6 cm³/mol. The Morgan fingerprint density at radius 1 is 0.783 bits per heavy atom. The SMILES string of the molecule is CC(=O)OC1[C@H]2C(=O)[C@@H]3[C@H]4C5C6[C@@H]3C=C[C@@H]6[C@H]3C(=O)[C@H]1[C@@H]([C@H]53)[C@H]42. The minimum Gasteiger partial charge on any atom is -0.461 e. The maximum absolute atomic E-state index is 13.2. The Morgan fingerprint density at radius 3 is 1.74 bits per heavy atom. The molecule has 0 aromatic heterocycles. The van der Waals surface area contributed by atoms with Gasteiger partial charge in [0.15, 0.2) is 0 Å². The lowest BCUT2D eigenvalue weighted by molar-refractivity contribution is -0.154. The number of Topliss-reactive ketones (excluding diaryl/α,β-unsaturated/α-hetero) is 2. The largest absolute Gasteiger partial charge is 0.461 e. The molecule has 0 N–H and O–H groups in total. The van der Waals surface area contributed by atoms with Crippen molar-refractivity contribution in [1.82, 2.24) is 0 Å². The zero-order valence-electron chi connectivity index (χ0n) is 12.8. The number of ketones is 2. The van der Waals surface area contributed by atoms with Crippen molar-refractivity contribution in [2.75, 3.05) is 0 Å². The smallest absolute Gasteiger partial charge is 0.302 e. The molecule has 0 aliphatic heterocycles. The lowest BCUT2D eigenvalue weighted by Gasteiger charge is -2.28. The molecule has 0 heterocycles. The van der Waals surface area contributed by atoms with Crippen LogP contribution in [-0.4, -0.2) is 23.6 Å². The first-order valence-electron chi connectivity index (χ1n) is 9.04. The van der Waals surface area contributed by atoms with Crippen LogP contribution in [0.5, 0.6) is 0 Å². The van der Waals surface area contributed by atoms with E-state index in [1.807, 2.05) is 0 Å². The van der Waals surface area contributed by atoms with E-state index in [9.17, 15) is 14.4 Å². The van der Waals surface area contributed by atoms with E-state index in [4.69, 9.17) is 4.74 Å². The van der Waals surface area contributed by atoms with Crippen molar-refractivity contribution in [2.45, 2.75) is 13.0 Å². The summed E-state index contributed by atoms with van der Waals surface area (Å²) in [5.74, 6) is 3.70. The van der Waals surface area contributed by atoms with Crippen LogP contribution in [0.25, 0.3) is 0 Å². The van der Waals surface area contributed by atoms with Gasteiger partial charge in [-0.05, 0) is 47.3 Å². The zero-order valence-corrected chi connectivity index (χ0v) is 12.8. The summed E-state index contributed by atoms with van der Waals surface area (Å²) in [6.07, 6.45) is 4.05. The van der Waals surface area contributed by atoms with Gasteiger partial charge in [0.05, 0.1) is 11.8 Å². The van der Waals surface area contributed by atoms with Crippen LogP contribution in [-0.2, 0) is 19.1 Å². The molecule has 23 heavy (non-hydrogen) atoms. The Kier molecular flexibility index (Phi) is 1.67. The molecule has 118 valence electrons. The molecule has 0 amide bonds. The molecule has 6 fully saturated rings. The summed E-state index contributed by atoms with van der Waals surface area (Å²) in [5, 5.41) is 0. The predicted octanol–water partition coefficient (Wildman–Crippen LogP) is 1.10. The van der Waals surface area contributed by atoms with Gasteiger partial charge in [-0.2, -0.15) is 0 Å². The first kappa shape index (κ1) is 12.0. The van der Waals surface area contributed by atoms with Gasteiger partial charge in [0.1, 0.15) is 17.7 Å². The van der Waals surface area contributed by atoms with E-state index in [0.29, 0.717) is 58.9 Å². The fraction of sp³-hybridized carbons (Fsp3) is 0.737. The van der Waals surface area contributed by atoms with Crippen LogP contribution < -0.4 is 0 Å².